The maximum atomic E-state index is 13.3. The van der Waals surface area contributed by atoms with Gasteiger partial charge in [-0.15, -0.1) is 0 Å². The predicted molar refractivity (Wildman–Crippen MR) is 106 cm³/mol. The molecule has 0 saturated carbocycles. The van der Waals surface area contributed by atoms with Crippen LogP contribution in [0.4, 0.5) is 10.3 Å². The Morgan fingerprint density at radius 2 is 1.70 bits per heavy atom. The molecule has 0 aliphatic carbocycles. The second-order valence-corrected chi connectivity index (χ2v) is 9.53. The highest BCUT2D eigenvalue weighted by Crippen LogP contribution is 2.25. The highest BCUT2D eigenvalue weighted by atomic mass is 32.2. The zero-order valence-corrected chi connectivity index (χ0v) is 16.7. The molecular formula is C19H26FN5OS. The molecule has 0 amide bonds. The van der Waals surface area contributed by atoms with Crippen LogP contribution in [0.25, 0.3) is 0 Å². The maximum absolute atomic E-state index is 13.3. The number of rotatable bonds is 5. The van der Waals surface area contributed by atoms with Gasteiger partial charge in [-0.2, -0.15) is 0 Å². The van der Waals surface area contributed by atoms with Crippen molar-refractivity contribution < 1.29 is 8.60 Å². The Morgan fingerprint density at radius 1 is 1.11 bits per heavy atom. The lowest BCUT2D eigenvalue weighted by atomic mass is 10.0. The molecule has 2 aromatic rings. The van der Waals surface area contributed by atoms with Crippen LogP contribution in [-0.2, 0) is 11.0 Å². The van der Waals surface area contributed by atoms with Crippen molar-refractivity contribution in [3.63, 3.8) is 0 Å². The smallest absolute Gasteiger partial charge is 0.225 e. The fourth-order valence-electron chi connectivity index (χ4n) is 2.78. The van der Waals surface area contributed by atoms with Crippen LogP contribution in [0, 0.1) is 5.82 Å². The number of aromatic nitrogens is 2. The van der Waals surface area contributed by atoms with Crippen molar-refractivity contribution >= 4 is 16.9 Å². The topological polar surface area (TPSA) is 70.2 Å². The van der Waals surface area contributed by atoms with Gasteiger partial charge in [0.15, 0.2) is 0 Å². The Morgan fingerprint density at radius 3 is 2.26 bits per heavy atom. The number of hydrogen-bond donors (Lipinski definition) is 2. The number of piperazine rings is 1. The van der Waals surface area contributed by atoms with Crippen molar-refractivity contribution in [3.05, 3.63) is 53.6 Å². The summed E-state index contributed by atoms with van der Waals surface area (Å²) in [5, 5.41) is 3.30. The van der Waals surface area contributed by atoms with Crippen molar-refractivity contribution in [2.75, 3.05) is 31.1 Å². The van der Waals surface area contributed by atoms with Gasteiger partial charge >= 0.3 is 0 Å². The monoisotopic (exact) mass is 391 g/mol. The average molecular weight is 392 g/mol. The molecule has 1 saturated heterocycles. The quantitative estimate of drug-likeness (QED) is 0.818. The summed E-state index contributed by atoms with van der Waals surface area (Å²) in [6.07, 6.45) is 3.51. The second-order valence-electron chi connectivity index (χ2n) is 7.54. The van der Waals surface area contributed by atoms with E-state index in [9.17, 15) is 8.60 Å². The Hall–Kier alpha value is -1.90. The van der Waals surface area contributed by atoms with E-state index in [1.54, 1.807) is 24.5 Å². The normalized spacial score (nSPS) is 17.6. The van der Waals surface area contributed by atoms with Crippen molar-refractivity contribution in [2.24, 2.45) is 0 Å². The third-order valence-corrected chi connectivity index (χ3v) is 5.94. The average Bonchev–Trinajstić information content (AvgIpc) is 2.67. The van der Waals surface area contributed by atoms with E-state index < -0.39 is 15.7 Å². The number of halogens is 1. The lowest BCUT2D eigenvalue weighted by Gasteiger charge is -2.28. The second kappa shape index (κ2) is 8.41. The Kier molecular flexibility index (Phi) is 6.18. The van der Waals surface area contributed by atoms with Gasteiger partial charge in [-0.25, -0.2) is 23.3 Å². The zero-order valence-electron chi connectivity index (χ0n) is 15.9. The Bertz CT molecular complexity index is 770. The molecule has 1 aromatic carbocycles. The first-order valence-electron chi connectivity index (χ1n) is 9.06. The van der Waals surface area contributed by atoms with Crippen LogP contribution < -0.4 is 14.9 Å². The van der Waals surface area contributed by atoms with E-state index in [2.05, 4.69) is 24.9 Å². The maximum Gasteiger partial charge on any atom is 0.225 e. The Labute approximate surface area is 162 Å². The van der Waals surface area contributed by atoms with Crippen LogP contribution in [0.1, 0.15) is 37.9 Å². The van der Waals surface area contributed by atoms with E-state index in [-0.39, 0.29) is 11.9 Å². The fraction of sp³-hybridized carbons (Fsp3) is 0.474. The van der Waals surface area contributed by atoms with E-state index in [1.165, 1.54) is 12.1 Å². The number of benzene rings is 1. The molecule has 0 bridgehead atoms. The van der Waals surface area contributed by atoms with Gasteiger partial charge in [-0.1, -0.05) is 12.1 Å². The summed E-state index contributed by atoms with van der Waals surface area (Å²) < 4.78 is 28.7. The molecule has 1 aliphatic heterocycles. The summed E-state index contributed by atoms with van der Waals surface area (Å²) in [5.41, 5.74) is 1.60. The van der Waals surface area contributed by atoms with E-state index in [0.717, 1.165) is 37.3 Å². The number of nitrogens with zero attached hydrogens (tertiary/aromatic N) is 3. The zero-order chi connectivity index (χ0) is 19.4. The molecule has 0 spiro atoms. The van der Waals surface area contributed by atoms with Gasteiger partial charge in [0.05, 0.1) is 21.8 Å². The molecule has 2 atom stereocenters. The minimum Gasteiger partial charge on any atom is -0.338 e. The first-order valence-corrected chi connectivity index (χ1v) is 10.2. The van der Waals surface area contributed by atoms with Crippen LogP contribution >= 0.6 is 0 Å². The third kappa shape index (κ3) is 5.09. The molecule has 2 heterocycles. The lowest BCUT2D eigenvalue weighted by molar-refractivity contribution is 0.579. The molecule has 0 radical (unpaired) electrons. The van der Waals surface area contributed by atoms with Gasteiger partial charge in [0, 0.05) is 44.1 Å². The highest BCUT2D eigenvalue weighted by Gasteiger charge is 2.25. The van der Waals surface area contributed by atoms with Crippen LogP contribution in [0.2, 0.25) is 0 Å². The van der Waals surface area contributed by atoms with Gasteiger partial charge < -0.3 is 10.2 Å². The summed E-state index contributed by atoms with van der Waals surface area (Å²) in [7, 11) is -1.30. The van der Waals surface area contributed by atoms with Gasteiger partial charge in [-0.3, -0.25) is 0 Å². The molecule has 2 N–H and O–H groups in total. The summed E-state index contributed by atoms with van der Waals surface area (Å²) in [5.74, 6) is 0.384. The van der Waals surface area contributed by atoms with E-state index in [0.29, 0.717) is 5.95 Å². The van der Waals surface area contributed by atoms with Crippen LogP contribution in [0.15, 0.2) is 36.7 Å². The molecule has 146 valence electrons. The first kappa shape index (κ1) is 19.9. The summed E-state index contributed by atoms with van der Waals surface area (Å²) in [4.78, 5) is 11.2. The minimum atomic E-state index is -1.30. The van der Waals surface area contributed by atoms with Crippen LogP contribution in [-0.4, -0.2) is 45.1 Å². The molecule has 27 heavy (non-hydrogen) atoms. The summed E-state index contributed by atoms with van der Waals surface area (Å²) in [6.45, 7) is 9.27. The molecule has 8 heteroatoms. The predicted octanol–water partition coefficient (Wildman–Crippen LogP) is 2.17. The number of anilines is 1. The van der Waals surface area contributed by atoms with Gasteiger partial charge in [-0.05, 0) is 38.5 Å². The standard InChI is InChI=1S/C19H26FN5OS/c1-19(2,3)27(26)24-17(14-4-6-16(20)7-5-14)15-12-22-18(23-13-15)25-10-8-21-9-11-25/h4-7,12-13,17,21,24H,8-11H2,1-3H3. The third-order valence-electron chi connectivity index (χ3n) is 4.38. The fourth-order valence-corrected chi connectivity index (χ4v) is 3.62. The summed E-state index contributed by atoms with van der Waals surface area (Å²) >= 11 is 0. The molecule has 3 rings (SSSR count). The molecule has 1 fully saturated rings. The van der Waals surface area contributed by atoms with Crippen LogP contribution in [0.5, 0.6) is 0 Å². The van der Waals surface area contributed by atoms with Crippen molar-refractivity contribution in [1.29, 1.82) is 0 Å². The van der Waals surface area contributed by atoms with Crippen molar-refractivity contribution in [3.8, 4) is 0 Å². The SMILES string of the molecule is CC(C)(C)S(=O)NC(c1ccc(F)cc1)c1cnc(N2CCNCC2)nc1. The first-order chi connectivity index (χ1) is 12.8. The highest BCUT2D eigenvalue weighted by molar-refractivity contribution is 7.84. The Balaban J connectivity index is 1.87. The van der Waals surface area contributed by atoms with E-state index >= 15 is 0 Å². The molecular weight excluding hydrogens is 365 g/mol. The van der Waals surface area contributed by atoms with E-state index in [1.807, 2.05) is 20.8 Å². The lowest BCUT2D eigenvalue weighted by Crippen LogP contribution is -2.44. The van der Waals surface area contributed by atoms with Gasteiger partial charge in [0.1, 0.15) is 5.82 Å². The van der Waals surface area contributed by atoms with Gasteiger partial charge in [0.25, 0.3) is 0 Å². The number of hydrogen-bond acceptors (Lipinski definition) is 5. The molecule has 1 aromatic heterocycles. The van der Waals surface area contributed by atoms with Crippen LogP contribution in [0.3, 0.4) is 0 Å². The minimum absolute atomic E-state index is 0.306. The molecule has 2 unspecified atom stereocenters. The number of nitrogens with one attached hydrogen (secondary N) is 2. The largest absolute Gasteiger partial charge is 0.338 e. The van der Waals surface area contributed by atoms with Crippen molar-refractivity contribution in [1.82, 2.24) is 20.0 Å². The van der Waals surface area contributed by atoms with Crippen molar-refractivity contribution in [2.45, 2.75) is 31.6 Å². The molecule has 6 nitrogen and oxygen atoms in total. The van der Waals surface area contributed by atoms with Gasteiger partial charge in [0.2, 0.25) is 5.95 Å². The van der Waals surface area contributed by atoms with E-state index in [4.69, 9.17) is 0 Å². The molecule has 1 aliphatic rings. The summed E-state index contributed by atoms with van der Waals surface area (Å²) in [6, 6.07) is 5.80.